The van der Waals surface area contributed by atoms with Gasteiger partial charge in [0.25, 0.3) is 5.91 Å². The molecule has 1 N–H and O–H groups in total. The number of carbonyl (C=O) groups excluding carboxylic acids is 2. The second-order valence-electron chi connectivity index (χ2n) is 12.4. The Bertz CT molecular complexity index is 1770. The number of anilines is 2. The molecule has 248 valence electrons. The molecule has 3 saturated heterocycles. The van der Waals surface area contributed by atoms with Crippen molar-refractivity contribution in [1.29, 1.82) is 0 Å². The topological polar surface area (TPSA) is 155 Å². The van der Waals surface area contributed by atoms with Crippen LogP contribution in [0.25, 0.3) is 5.52 Å². The zero-order valence-electron chi connectivity index (χ0n) is 26.2. The van der Waals surface area contributed by atoms with Gasteiger partial charge in [0.05, 0.1) is 45.7 Å². The van der Waals surface area contributed by atoms with Crippen LogP contribution in [0.2, 0.25) is 0 Å². The number of hydrogen-bond acceptors (Lipinski definition) is 11. The normalized spacial score (nSPS) is 24.1. The lowest BCUT2D eigenvalue weighted by atomic mass is 10.1. The molecule has 3 aliphatic heterocycles. The average molecular weight is 661 g/mol. The van der Waals surface area contributed by atoms with E-state index < -0.39 is 39.3 Å². The van der Waals surface area contributed by atoms with Gasteiger partial charge < -0.3 is 33.9 Å². The van der Waals surface area contributed by atoms with Crippen molar-refractivity contribution in [2.75, 3.05) is 50.2 Å². The van der Waals surface area contributed by atoms with E-state index in [1.807, 2.05) is 0 Å². The summed E-state index contributed by atoms with van der Waals surface area (Å²) >= 11 is 0. The molecule has 0 aliphatic carbocycles. The molecule has 3 fully saturated rings. The quantitative estimate of drug-likeness (QED) is 0.414. The second-order valence-corrected chi connectivity index (χ2v) is 15.0. The van der Waals surface area contributed by atoms with E-state index in [-0.39, 0.29) is 60.8 Å². The van der Waals surface area contributed by atoms with Gasteiger partial charge in [-0.1, -0.05) is 0 Å². The van der Waals surface area contributed by atoms with Crippen LogP contribution in [0.3, 0.4) is 0 Å². The average Bonchev–Trinajstić information content (AvgIpc) is 3.68. The highest BCUT2D eigenvalue weighted by molar-refractivity contribution is 7.94. The summed E-state index contributed by atoms with van der Waals surface area (Å²) < 4.78 is 62.2. The van der Waals surface area contributed by atoms with Crippen LogP contribution in [0.15, 0.2) is 35.1 Å². The van der Waals surface area contributed by atoms with Crippen LogP contribution in [0.4, 0.5) is 20.7 Å². The highest BCUT2D eigenvalue weighted by Gasteiger charge is 2.49. The highest BCUT2D eigenvalue weighted by Crippen LogP contribution is 2.36. The zero-order chi connectivity index (χ0) is 32.8. The molecule has 2 aromatic heterocycles. The monoisotopic (exact) mass is 660 g/mol. The number of benzene rings is 1. The van der Waals surface area contributed by atoms with E-state index in [1.54, 1.807) is 34.8 Å². The van der Waals surface area contributed by atoms with E-state index in [0.717, 1.165) is 0 Å². The Balaban J connectivity index is 1.21. The van der Waals surface area contributed by atoms with Crippen molar-refractivity contribution in [3.63, 3.8) is 0 Å². The molecular formula is C30H37FN6O8S. The van der Waals surface area contributed by atoms with Crippen molar-refractivity contribution in [1.82, 2.24) is 19.5 Å². The van der Waals surface area contributed by atoms with E-state index in [9.17, 15) is 18.2 Å². The van der Waals surface area contributed by atoms with E-state index >= 15 is 0 Å². The Morgan fingerprint density at radius 1 is 1.13 bits per heavy atom. The molecule has 14 nitrogen and oxygen atoms in total. The van der Waals surface area contributed by atoms with E-state index in [1.165, 1.54) is 40.1 Å². The van der Waals surface area contributed by atoms with Gasteiger partial charge in [-0.15, -0.1) is 0 Å². The molecule has 0 saturated carbocycles. The fourth-order valence-corrected chi connectivity index (χ4v) is 7.51. The molecule has 16 heteroatoms. The first-order valence-corrected chi connectivity index (χ1v) is 16.8. The number of ether oxygens (including phenoxy) is 5. The minimum Gasteiger partial charge on any atom is -0.483 e. The van der Waals surface area contributed by atoms with Crippen molar-refractivity contribution >= 4 is 38.8 Å². The molecule has 0 radical (unpaired) electrons. The SMILES string of the molecule is CO[C@@H]1CO[C@H]2[C@@H]1OC[C@H]2Oc1cc(F)ccc1Nc1ncnn2cc(C(=O)N=S3(=O)CCN(C(=O)OC(C)(C)C)CC3)c(C)c12. The number of methoxy groups -OCH3 is 1. The fraction of sp³-hybridized carbons (Fsp3) is 0.533. The van der Waals surface area contributed by atoms with Crippen LogP contribution in [-0.2, 0) is 28.7 Å². The lowest BCUT2D eigenvalue weighted by Gasteiger charge is -2.30. The minimum atomic E-state index is -2.91. The van der Waals surface area contributed by atoms with Crippen molar-refractivity contribution in [3.05, 3.63) is 47.7 Å². The number of rotatable bonds is 6. The molecule has 0 spiro atoms. The highest BCUT2D eigenvalue weighted by atomic mass is 32.2. The number of nitrogens with one attached hydrogen (secondary N) is 1. The molecule has 1 aromatic carbocycles. The summed E-state index contributed by atoms with van der Waals surface area (Å²) in [6, 6.07) is 4.08. The largest absolute Gasteiger partial charge is 0.483 e. The molecule has 4 atom stereocenters. The molecule has 46 heavy (non-hydrogen) atoms. The number of nitrogens with zero attached hydrogens (tertiary/aromatic N) is 5. The third-order valence-corrected chi connectivity index (χ3v) is 10.2. The lowest BCUT2D eigenvalue weighted by Crippen LogP contribution is -2.45. The van der Waals surface area contributed by atoms with Gasteiger partial charge in [-0.2, -0.15) is 9.46 Å². The first-order chi connectivity index (χ1) is 21.8. The van der Waals surface area contributed by atoms with E-state index in [0.29, 0.717) is 29.2 Å². The maximum atomic E-state index is 14.4. The van der Waals surface area contributed by atoms with Crippen LogP contribution in [0.5, 0.6) is 5.75 Å². The maximum Gasteiger partial charge on any atom is 0.410 e. The number of aromatic nitrogens is 3. The van der Waals surface area contributed by atoms with Crippen molar-refractivity contribution in [2.24, 2.45) is 4.36 Å². The van der Waals surface area contributed by atoms with Gasteiger partial charge in [-0.3, -0.25) is 4.79 Å². The predicted molar refractivity (Wildman–Crippen MR) is 165 cm³/mol. The smallest absolute Gasteiger partial charge is 0.410 e. The summed E-state index contributed by atoms with van der Waals surface area (Å²) in [6.07, 6.45) is 0.981. The van der Waals surface area contributed by atoms with Gasteiger partial charge in [0.15, 0.2) is 11.9 Å². The summed E-state index contributed by atoms with van der Waals surface area (Å²) in [6.45, 7) is 7.99. The molecule has 3 aliphatic rings. The molecule has 5 heterocycles. The summed E-state index contributed by atoms with van der Waals surface area (Å²) in [5.74, 6) is -0.498. The molecule has 3 aromatic rings. The van der Waals surface area contributed by atoms with E-state index in [2.05, 4.69) is 19.8 Å². The summed E-state index contributed by atoms with van der Waals surface area (Å²) in [5, 5.41) is 7.44. The molecule has 6 rings (SSSR count). The summed E-state index contributed by atoms with van der Waals surface area (Å²) in [5.41, 5.74) is 0.951. The molecule has 0 bridgehead atoms. The first kappa shape index (κ1) is 32.1. The number of amides is 2. The Hall–Kier alpha value is -3.86. The maximum absolute atomic E-state index is 14.4. The molecular weight excluding hydrogens is 623 g/mol. The van der Waals surface area contributed by atoms with Crippen LogP contribution in [0, 0.1) is 12.7 Å². The summed E-state index contributed by atoms with van der Waals surface area (Å²) in [7, 11) is -1.31. The standard InChI is InChI=1S/C30H37FN6O8S/c1-17-19(28(38)35-46(40)10-8-36(9-11-46)29(39)45-30(2,3)4)13-37-24(17)27(32-16-33-37)34-20-7-6-18(31)12-21(20)44-23-15-43-25-22(41-5)14-42-26(23)25/h6-7,12-13,16,22-23,25-26H,8-11,14-15H2,1-5H3,(H,32,33,34)/t22-,23-,25-,26-/m1/s1. The number of halogens is 1. The van der Waals surface area contributed by atoms with Gasteiger partial charge in [-0.25, -0.2) is 22.9 Å². The van der Waals surface area contributed by atoms with Gasteiger partial charge in [0, 0.05) is 32.5 Å². The van der Waals surface area contributed by atoms with Crippen molar-refractivity contribution < 1.29 is 41.9 Å². The van der Waals surface area contributed by atoms with Gasteiger partial charge >= 0.3 is 6.09 Å². The number of carbonyl (C=O) groups is 2. The minimum absolute atomic E-state index is 0.0508. The number of hydrogen-bond donors (Lipinski definition) is 1. The van der Waals surface area contributed by atoms with Crippen molar-refractivity contribution in [3.8, 4) is 5.75 Å². The lowest BCUT2D eigenvalue weighted by molar-refractivity contribution is -0.0138. The number of fused-ring (bicyclic) bond motifs is 2. The molecule has 0 unspecified atom stereocenters. The Kier molecular flexibility index (Phi) is 8.65. The van der Waals surface area contributed by atoms with Gasteiger partial charge in [-0.05, 0) is 45.4 Å². The molecule has 2 amide bonds. The Morgan fingerprint density at radius 3 is 2.52 bits per heavy atom. The summed E-state index contributed by atoms with van der Waals surface area (Å²) in [4.78, 5) is 31.6. The zero-order valence-corrected chi connectivity index (χ0v) is 27.0. The van der Waals surface area contributed by atoms with Crippen LogP contribution < -0.4 is 10.1 Å². The third-order valence-electron chi connectivity index (χ3n) is 8.06. The second kappa shape index (κ2) is 12.4. The Labute approximate surface area is 265 Å². The van der Waals surface area contributed by atoms with E-state index in [4.69, 9.17) is 23.7 Å². The predicted octanol–water partition coefficient (Wildman–Crippen LogP) is 3.34. The Morgan fingerprint density at radius 2 is 1.83 bits per heavy atom. The van der Waals surface area contributed by atoms with Crippen molar-refractivity contribution in [2.45, 2.75) is 57.7 Å². The fourth-order valence-electron chi connectivity index (χ4n) is 5.71. The van der Waals surface area contributed by atoms with Crippen LogP contribution in [0.1, 0.15) is 36.7 Å². The van der Waals surface area contributed by atoms with Gasteiger partial charge in [0.1, 0.15) is 47.3 Å². The number of aryl methyl sites for hydroxylation is 1. The van der Waals surface area contributed by atoms with Gasteiger partial charge in [0.2, 0.25) is 0 Å². The van der Waals surface area contributed by atoms with Crippen LogP contribution >= 0.6 is 0 Å². The first-order valence-electron chi connectivity index (χ1n) is 14.9. The van der Waals surface area contributed by atoms with Crippen LogP contribution in [-0.4, -0.2) is 111 Å². The third kappa shape index (κ3) is 6.52.